The van der Waals surface area contributed by atoms with E-state index in [1.165, 1.54) is 0 Å². The molecule has 2 N–H and O–H groups in total. The van der Waals surface area contributed by atoms with Crippen molar-refractivity contribution in [3.63, 3.8) is 0 Å². The van der Waals surface area contributed by atoms with E-state index in [9.17, 15) is 9.59 Å². The molecule has 1 fully saturated rings. The minimum atomic E-state index is -0.898. The van der Waals surface area contributed by atoms with Crippen LogP contribution in [0.15, 0.2) is 24.3 Å². The summed E-state index contributed by atoms with van der Waals surface area (Å²) in [4.78, 5) is 24.5. The summed E-state index contributed by atoms with van der Waals surface area (Å²) in [5.74, 6) is -0.457. The molecule has 1 saturated heterocycles. The fourth-order valence-electron chi connectivity index (χ4n) is 2.15. The monoisotopic (exact) mass is 308 g/mol. The summed E-state index contributed by atoms with van der Waals surface area (Å²) in [5.41, 5.74) is 0.855. The number of carboxylic acids is 1. The van der Waals surface area contributed by atoms with Gasteiger partial charge in [-0.25, -0.2) is 4.79 Å². The Hall–Kier alpha value is -2.12. The molecular formula is C15H20N2O5. The third kappa shape index (κ3) is 4.44. The van der Waals surface area contributed by atoms with Gasteiger partial charge in [-0.05, 0) is 31.2 Å². The molecule has 7 nitrogen and oxygen atoms in total. The van der Waals surface area contributed by atoms with Gasteiger partial charge in [-0.15, -0.1) is 0 Å². The van der Waals surface area contributed by atoms with Gasteiger partial charge in [0.15, 0.2) is 0 Å². The SMILES string of the molecule is CNC(Cc1ccc(OC(=O)N2CCOCC2)cc1)C(=O)O. The number of hydrogen-bond donors (Lipinski definition) is 2. The van der Waals surface area contributed by atoms with Crippen molar-refractivity contribution < 1.29 is 24.2 Å². The number of aliphatic carboxylic acids is 1. The number of benzene rings is 1. The Morgan fingerprint density at radius 1 is 1.32 bits per heavy atom. The maximum atomic E-state index is 11.9. The molecular weight excluding hydrogens is 288 g/mol. The zero-order chi connectivity index (χ0) is 15.9. The number of carbonyl (C=O) groups is 2. The Kier molecular flexibility index (Phi) is 5.74. The average molecular weight is 308 g/mol. The van der Waals surface area contributed by atoms with Crippen molar-refractivity contribution in [2.45, 2.75) is 12.5 Å². The van der Waals surface area contributed by atoms with E-state index in [0.29, 0.717) is 38.5 Å². The van der Waals surface area contributed by atoms with Crippen LogP contribution in [0, 0.1) is 0 Å². The lowest BCUT2D eigenvalue weighted by molar-refractivity contribution is -0.139. The molecule has 1 heterocycles. The Balaban J connectivity index is 1.91. The van der Waals surface area contributed by atoms with Crippen molar-refractivity contribution in [1.82, 2.24) is 10.2 Å². The number of nitrogens with one attached hydrogen (secondary N) is 1. The highest BCUT2D eigenvalue weighted by Gasteiger charge is 2.19. The molecule has 0 aliphatic carbocycles. The lowest BCUT2D eigenvalue weighted by atomic mass is 10.1. The molecule has 0 saturated carbocycles. The molecule has 22 heavy (non-hydrogen) atoms. The summed E-state index contributed by atoms with van der Waals surface area (Å²) >= 11 is 0. The first-order chi connectivity index (χ1) is 10.6. The van der Waals surface area contributed by atoms with Gasteiger partial charge in [-0.2, -0.15) is 0 Å². The Morgan fingerprint density at radius 3 is 2.50 bits per heavy atom. The number of carbonyl (C=O) groups excluding carboxylic acids is 1. The minimum absolute atomic E-state index is 0.365. The highest BCUT2D eigenvalue weighted by Crippen LogP contribution is 2.15. The van der Waals surface area contributed by atoms with Crippen LogP contribution in [0.2, 0.25) is 0 Å². The van der Waals surface area contributed by atoms with Crippen LogP contribution >= 0.6 is 0 Å². The van der Waals surface area contributed by atoms with E-state index in [4.69, 9.17) is 14.6 Å². The van der Waals surface area contributed by atoms with Crippen LogP contribution in [0.25, 0.3) is 0 Å². The molecule has 0 aromatic heterocycles. The molecule has 0 radical (unpaired) electrons. The van der Waals surface area contributed by atoms with Crippen molar-refractivity contribution >= 4 is 12.1 Å². The number of amides is 1. The first kappa shape index (κ1) is 16.3. The van der Waals surface area contributed by atoms with Crippen LogP contribution < -0.4 is 10.1 Å². The van der Waals surface area contributed by atoms with Gasteiger partial charge in [0.2, 0.25) is 0 Å². The highest BCUT2D eigenvalue weighted by molar-refractivity contribution is 5.74. The van der Waals surface area contributed by atoms with Gasteiger partial charge in [0, 0.05) is 13.1 Å². The van der Waals surface area contributed by atoms with Crippen LogP contribution in [-0.4, -0.2) is 61.5 Å². The number of likely N-dealkylation sites (N-methyl/N-ethyl adjacent to an activating group) is 1. The second kappa shape index (κ2) is 7.77. The molecule has 1 aliphatic rings. The molecule has 0 bridgehead atoms. The molecule has 1 atom stereocenters. The molecule has 1 aliphatic heterocycles. The molecule has 2 rings (SSSR count). The fourth-order valence-corrected chi connectivity index (χ4v) is 2.15. The van der Waals surface area contributed by atoms with Gasteiger partial charge in [0.25, 0.3) is 0 Å². The maximum Gasteiger partial charge on any atom is 0.415 e. The van der Waals surface area contributed by atoms with Gasteiger partial charge in [-0.1, -0.05) is 12.1 Å². The van der Waals surface area contributed by atoms with Gasteiger partial charge in [0.05, 0.1) is 13.2 Å². The number of nitrogens with zero attached hydrogens (tertiary/aromatic N) is 1. The van der Waals surface area contributed by atoms with E-state index in [0.717, 1.165) is 5.56 Å². The smallest absolute Gasteiger partial charge is 0.415 e. The Morgan fingerprint density at radius 2 is 1.95 bits per heavy atom. The van der Waals surface area contributed by atoms with E-state index < -0.39 is 18.1 Å². The Labute approximate surface area is 128 Å². The number of hydrogen-bond acceptors (Lipinski definition) is 5. The summed E-state index contributed by atoms with van der Waals surface area (Å²) in [6.07, 6.45) is -0.0292. The van der Waals surface area contributed by atoms with Crippen molar-refractivity contribution in [3.8, 4) is 5.75 Å². The number of carboxylic acid groups (broad SMARTS) is 1. The van der Waals surface area contributed by atoms with Crippen LogP contribution in [0.3, 0.4) is 0 Å². The van der Waals surface area contributed by atoms with Crippen molar-refractivity contribution in [2.75, 3.05) is 33.4 Å². The van der Waals surface area contributed by atoms with E-state index in [1.54, 1.807) is 36.2 Å². The summed E-state index contributed by atoms with van der Waals surface area (Å²) in [7, 11) is 1.61. The molecule has 0 spiro atoms. The molecule has 7 heteroatoms. The summed E-state index contributed by atoms with van der Waals surface area (Å²) in [6, 6.07) is 6.22. The zero-order valence-corrected chi connectivity index (χ0v) is 12.4. The zero-order valence-electron chi connectivity index (χ0n) is 12.4. The van der Waals surface area contributed by atoms with Gasteiger partial charge in [0.1, 0.15) is 11.8 Å². The second-order valence-electron chi connectivity index (χ2n) is 4.99. The fraction of sp³-hybridized carbons (Fsp3) is 0.467. The average Bonchev–Trinajstić information content (AvgIpc) is 2.54. The standard InChI is InChI=1S/C15H20N2O5/c1-16-13(14(18)19)10-11-2-4-12(5-3-11)22-15(20)17-6-8-21-9-7-17/h2-5,13,16H,6-10H2,1H3,(H,18,19). The van der Waals surface area contributed by atoms with E-state index in [2.05, 4.69) is 5.32 Å². The summed E-state index contributed by atoms with van der Waals surface area (Å²) in [6.45, 7) is 2.10. The first-order valence-corrected chi connectivity index (χ1v) is 7.13. The lowest BCUT2D eigenvalue weighted by Gasteiger charge is -2.25. The third-order valence-corrected chi connectivity index (χ3v) is 3.48. The van der Waals surface area contributed by atoms with Gasteiger partial charge < -0.3 is 24.8 Å². The van der Waals surface area contributed by atoms with E-state index in [-0.39, 0.29) is 0 Å². The number of rotatable bonds is 5. The van der Waals surface area contributed by atoms with Crippen molar-refractivity contribution in [3.05, 3.63) is 29.8 Å². The first-order valence-electron chi connectivity index (χ1n) is 7.13. The normalized spacial score (nSPS) is 16.1. The van der Waals surface area contributed by atoms with Crippen molar-refractivity contribution in [2.24, 2.45) is 0 Å². The predicted molar refractivity (Wildman–Crippen MR) is 79.0 cm³/mol. The minimum Gasteiger partial charge on any atom is -0.480 e. The largest absolute Gasteiger partial charge is 0.480 e. The predicted octanol–water partition coefficient (Wildman–Crippen LogP) is 0.733. The molecule has 1 unspecified atom stereocenters. The van der Waals surface area contributed by atoms with E-state index >= 15 is 0 Å². The van der Waals surface area contributed by atoms with Crippen molar-refractivity contribution in [1.29, 1.82) is 0 Å². The lowest BCUT2D eigenvalue weighted by Crippen LogP contribution is -2.42. The quantitative estimate of drug-likeness (QED) is 0.834. The topological polar surface area (TPSA) is 88.1 Å². The molecule has 120 valence electrons. The second-order valence-corrected chi connectivity index (χ2v) is 4.99. The summed E-state index contributed by atoms with van der Waals surface area (Å²) < 4.78 is 10.5. The van der Waals surface area contributed by atoms with Gasteiger partial charge in [-0.3, -0.25) is 4.79 Å². The third-order valence-electron chi connectivity index (χ3n) is 3.48. The highest BCUT2D eigenvalue weighted by atomic mass is 16.6. The van der Waals surface area contributed by atoms with Gasteiger partial charge >= 0.3 is 12.1 Å². The van der Waals surface area contributed by atoms with Crippen LogP contribution in [-0.2, 0) is 16.0 Å². The maximum absolute atomic E-state index is 11.9. The number of morpholine rings is 1. The molecule has 1 aromatic carbocycles. The van der Waals surface area contributed by atoms with Crippen LogP contribution in [0.4, 0.5) is 4.79 Å². The summed E-state index contributed by atoms with van der Waals surface area (Å²) in [5, 5.41) is 11.7. The van der Waals surface area contributed by atoms with E-state index in [1.807, 2.05) is 0 Å². The number of ether oxygens (including phenoxy) is 2. The molecule has 1 amide bonds. The molecule has 1 aromatic rings. The van der Waals surface area contributed by atoms with Crippen LogP contribution in [0.1, 0.15) is 5.56 Å². The van der Waals surface area contributed by atoms with Crippen LogP contribution in [0.5, 0.6) is 5.75 Å². The Bertz CT molecular complexity index is 511.